The monoisotopic (exact) mass is 335 g/mol. The molecular weight excluding hydrogens is 318 g/mol. The van der Waals surface area contributed by atoms with E-state index >= 15 is 0 Å². The molecule has 0 spiro atoms. The molecule has 0 aromatic heterocycles. The number of benzene rings is 1. The molecule has 0 N–H and O–H groups in total. The molecule has 1 rings (SSSR count). The first-order chi connectivity index (χ1) is 8.10. The third-order valence-electron chi connectivity index (χ3n) is 2.97. The molecule has 1 aromatic carbocycles. The maximum Gasteiger partial charge on any atom is 0.0410 e. The Morgan fingerprint density at radius 3 is 2.76 bits per heavy atom. The topological polar surface area (TPSA) is 3.24 Å². The van der Waals surface area contributed by atoms with Crippen molar-refractivity contribution in [3.8, 4) is 0 Å². The number of hydrogen-bond acceptors (Lipinski definition) is 2. The molecule has 1 atom stereocenters. The molecule has 0 aliphatic rings. The number of halogens is 2. The summed E-state index contributed by atoms with van der Waals surface area (Å²) in [5.74, 6) is 1.20. The summed E-state index contributed by atoms with van der Waals surface area (Å²) >= 11 is 11.4. The summed E-state index contributed by atoms with van der Waals surface area (Å²) in [6.07, 6.45) is 3.35. The lowest BCUT2D eigenvalue weighted by molar-refractivity contribution is 0.668. The Kier molecular flexibility index (Phi) is 6.75. The normalized spacial score (nSPS) is 12.5. The predicted octanol–water partition coefficient (Wildman–Crippen LogP) is 4.81. The Hall–Kier alpha value is 0.140. The highest BCUT2D eigenvalue weighted by molar-refractivity contribution is 9.08. The van der Waals surface area contributed by atoms with Crippen LogP contribution >= 0.6 is 39.3 Å². The van der Waals surface area contributed by atoms with Gasteiger partial charge in [0.15, 0.2) is 0 Å². The summed E-state index contributed by atoms with van der Waals surface area (Å²) in [6, 6.07) is 6.64. The highest BCUT2D eigenvalue weighted by Crippen LogP contribution is 2.27. The summed E-state index contributed by atoms with van der Waals surface area (Å²) in [5, 5.41) is 1.64. The van der Waals surface area contributed by atoms with Gasteiger partial charge in [-0.05, 0) is 49.1 Å². The smallest absolute Gasteiger partial charge is 0.0410 e. The van der Waals surface area contributed by atoms with E-state index in [0.29, 0.717) is 6.04 Å². The number of hydrogen-bond donors (Lipinski definition) is 0. The second-order valence-corrected chi connectivity index (χ2v) is 6.13. The van der Waals surface area contributed by atoms with Crippen molar-refractivity contribution in [3.63, 3.8) is 0 Å². The quantitative estimate of drug-likeness (QED) is 0.686. The highest BCUT2D eigenvalue weighted by atomic mass is 79.9. The third kappa shape index (κ3) is 4.38. The van der Waals surface area contributed by atoms with Crippen LogP contribution in [0.4, 0.5) is 5.69 Å². The minimum atomic E-state index is 0.543. The lowest BCUT2D eigenvalue weighted by Crippen LogP contribution is -2.30. The fourth-order valence-corrected chi connectivity index (χ4v) is 2.95. The van der Waals surface area contributed by atoms with Crippen LogP contribution in [-0.2, 0) is 5.33 Å². The summed E-state index contributed by atoms with van der Waals surface area (Å²) in [4.78, 5) is 2.34. The van der Waals surface area contributed by atoms with Crippen LogP contribution in [-0.4, -0.2) is 25.1 Å². The average molecular weight is 337 g/mol. The van der Waals surface area contributed by atoms with Gasteiger partial charge in [0.05, 0.1) is 0 Å². The van der Waals surface area contributed by atoms with Gasteiger partial charge < -0.3 is 4.90 Å². The zero-order valence-electron chi connectivity index (χ0n) is 10.5. The van der Waals surface area contributed by atoms with Crippen molar-refractivity contribution < 1.29 is 0 Å². The van der Waals surface area contributed by atoms with Gasteiger partial charge in [0, 0.05) is 29.1 Å². The molecule has 0 heterocycles. The fourth-order valence-electron chi connectivity index (χ4n) is 1.72. The van der Waals surface area contributed by atoms with Crippen LogP contribution in [0.15, 0.2) is 18.2 Å². The van der Waals surface area contributed by atoms with Crippen molar-refractivity contribution in [2.75, 3.05) is 24.0 Å². The Bertz CT molecular complexity index is 359. The zero-order valence-corrected chi connectivity index (χ0v) is 13.7. The molecule has 0 aliphatic heterocycles. The second-order valence-electron chi connectivity index (χ2n) is 4.15. The van der Waals surface area contributed by atoms with Crippen molar-refractivity contribution in [2.45, 2.75) is 24.7 Å². The van der Waals surface area contributed by atoms with Gasteiger partial charge in [-0.3, -0.25) is 0 Å². The molecule has 1 aromatic rings. The van der Waals surface area contributed by atoms with Gasteiger partial charge in [-0.1, -0.05) is 27.5 Å². The number of thioether (sulfide) groups is 1. The Morgan fingerprint density at radius 1 is 1.47 bits per heavy atom. The van der Waals surface area contributed by atoms with Gasteiger partial charge in [-0.15, -0.1) is 0 Å². The van der Waals surface area contributed by atoms with E-state index in [4.69, 9.17) is 11.6 Å². The van der Waals surface area contributed by atoms with E-state index in [1.54, 1.807) is 0 Å². The molecule has 17 heavy (non-hydrogen) atoms. The number of anilines is 1. The molecule has 96 valence electrons. The molecule has 0 amide bonds. The molecule has 0 bridgehead atoms. The Balaban J connectivity index is 2.83. The minimum Gasteiger partial charge on any atom is -0.372 e. The number of rotatable bonds is 6. The molecule has 1 unspecified atom stereocenters. The van der Waals surface area contributed by atoms with Gasteiger partial charge in [0.2, 0.25) is 0 Å². The van der Waals surface area contributed by atoms with Crippen molar-refractivity contribution in [2.24, 2.45) is 0 Å². The molecular formula is C13H19BrClNS. The van der Waals surface area contributed by atoms with Crippen LogP contribution in [0.5, 0.6) is 0 Å². The molecule has 4 heteroatoms. The van der Waals surface area contributed by atoms with Crippen molar-refractivity contribution in [1.82, 2.24) is 0 Å². The minimum absolute atomic E-state index is 0.543. The third-order valence-corrected chi connectivity index (χ3v) is 4.45. The summed E-state index contributed by atoms with van der Waals surface area (Å²) in [5.41, 5.74) is 2.51. The standard InChI is InChI=1S/C13H19BrClNS/c1-10(6-7-17-3)16(2)13-5-4-12(15)8-11(13)9-14/h4-5,8,10H,6-7,9H2,1-3H3. The van der Waals surface area contributed by atoms with Crippen LogP contribution in [0.3, 0.4) is 0 Å². The van der Waals surface area contributed by atoms with Crippen LogP contribution in [0.2, 0.25) is 5.02 Å². The molecule has 0 saturated heterocycles. The van der Waals surface area contributed by atoms with E-state index in [-0.39, 0.29) is 0 Å². The summed E-state index contributed by atoms with van der Waals surface area (Å²) < 4.78 is 0. The first-order valence-electron chi connectivity index (χ1n) is 5.66. The Labute approximate surface area is 122 Å². The van der Waals surface area contributed by atoms with E-state index < -0.39 is 0 Å². The van der Waals surface area contributed by atoms with Crippen LogP contribution in [0.25, 0.3) is 0 Å². The van der Waals surface area contributed by atoms with Crippen LogP contribution in [0.1, 0.15) is 18.9 Å². The van der Waals surface area contributed by atoms with Gasteiger partial charge in [0.25, 0.3) is 0 Å². The average Bonchev–Trinajstić information content (AvgIpc) is 2.34. The van der Waals surface area contributed by atoms with E-state index in [9.17, 15) is 0 Å². The molecule has 0 fully saturated rings. The SMILES string of the molecule is CSCCC(C)N(C)c1ccc(Cl)cc1CBr. The van der Waals surface area contributed by atoms with Gasteiger partial charge in [0.1, 0.15) is 0 Å². The van der Waals surface area contributed by atoms with Crippen molar-refractivity contribution >= 4 is 45.0 Å². The summed E-state index contributed by atoms with van der Waals surface area (Å²) in [7, 11) is 2.15. The fraction of sp³-hybridized carbons (Fsp3) is 0.538. The van der Waals surface area contributed by atoms with Crippen LogP contribution in [0, 0.1) is 0 Å². The maximum absolute atomic E-state index is 6.02. The summed E-state index contributed by atoms with van der Waals surface area (Å²) in [6.45, 7) is 2.27. The molecule has 0 aliphatic carbocycles. The van der Waals surface area contributed by atoms with Gasteiger partial charge in [-0.25, -0.2) is 0 Å². The first-order valence-corrected chi connectivity index (χ1v) is 8.55. The molecule has 1 nitrogen and oxygen atoms in total. The number of alkyl halides is 1. The lowest BCUT2D eigenvalue weighted by Gasteiger charge is -2.29. The van der Waals surface area contributed by atoms with E-state index in [2.05, 4.69) is 47.1 Å². The van der Waals surface area contributed by atoms with Crippen molar-refractivity contribution in [1.29, 1.82) is 0 Å². The lowest BCUT2D eigenvalue weighted by atomic mass is 10.1. The van der Waals surface area contributed by atoms with Crippen molar-refractivity contribution in [3.05, 3.63) is 28.8 Å². The molecule has 0 radical (unpaired) electrons. The second kappa shape index (κ2) is 7.55. The van der Waals surface area contributed by atoms with E-state index in [1.165, 1.54) is 23.4 Å². The van der Waals surface area contributed by atoms with Gasteiger partial charge >= 0.3 is 0 Å². The maximum atomic E-state index is 6.02. The first kappa shape index (κ1) is 15.2. The van der Waals surface area contributed by atoms with Crippen LogP contribution < -0.4 is 4.90 Å². The van der Waals surface area contributed by atoms with E-state index in [1.807, 2.05) is 23.9 Å². The largest absolute Gasteiger partial charge is 0.372 e. The Morgan fingerprint density at radius 2 is 2.18 bits per heavy atom. The highest BCUT2D eigenvalue weighted by Gasteiger charge is 2.13. The zero-order chi connectivity index (χ0) is 12.8. The molecule has 0 saturated carbocycles. The predicted molar refractivity (Wildman–Crippen MR) is 84.9 cm³/mol. The van der Waals surface area contributed by atoms with Gasteiger partial charge in [-0.2, -0.15) is 11.8 Å². The van der Waals surface area contributed by atoms with E-state index in [0.717, 1.165) is 10.4 Å². The number of nitrogens with zero attached hydrogens (tertiary/aromatic N) is 1.